The van der Waals surface area contributed by atoms with Gasteiger partial charge in [0.25, 0.3) is 11.8 Å². The number of carbonyl (C=O) groups excluding carboxylic acids is 2. The highest BCUT2D eigenvalue weighted by molar-refractivity contribution is 6.31. The topological polar surface area (TPSA) is 71.1 Å². The van der Waals surface area contributed by atoms with Crippen molar-refractivity contribution in [2.45, 2.75) is 0 Å². The molecule has 8 heteroatoms. The number of nitrogens with zero attached hydrogens (tertiary/aromatic N) is 1. The van der Waals surface area contributed by atoms with Gasteiger partial charge in [-0.1, -0.05) is 23.7 Å². The zero-order valence-corrected chi connectivity index (χ0v) is 14.4. The van der Waals surface area contributed by atoms with Gasteiger partial charge in [-0.05, 0) is 42.5 Å². The molecule has 0 atom stereocenters. The summed E-state index contributed by atoms with van der Waals surface area (Å²) in [6.45, 7) is 0. The Morgan fingerprint density at radius 2 is 1.59 bits per heavy atom. The van der Waals surface area contributed by atoms with Crippen LogP contribution in [0.15, 0.2) is 60.8 Å². The third kappa shape index (κ3) is 4.45. The third-order valence-corrected chi connectivity index (χ3v) is 3.77. The molecule has 0 bridgehead atoms. The van der Waals surface area contributed by atoms with Crippen LogP contribution in [0.25, 0.3) is 0 Å². The molecule has 1 heterocycles. The Labute approximate surface area is 158 Å². The van der Waals surface area contributed by atoms with Gasteiger partial charge in [0, 0.05) is 22.5 Å². The molecule has 1 aromatic heterocycles. The van der Waals surface area contributed by atoms with Crippen molar-refractivity contribution in [3.8, 4) is 0 Å². The van der Waals surface area contributed by atoms with E-state index in [4.69, 9.17) is 11.6 Å². The molecule has 27 heavy (non-hydrogen) atoms. The minimum absolute atomic E-state index is 0.143. The first-order valence-electron chi connectivity index (χ1n) is 7.72. The molecule has 2 aromatic carbocycles. The number of nitrogens with one attached hydrogen (secondary N) is 2. The number of hydrogen-bond donors (Lipinski definition) is 2. The van der Waals surface area contributed by atoms with Gasteiger partial charge in [-0.2, -0.15) is 0 Å². The maximum atomic E-state index is 13.7. The molecule has 136 valence electrons. The van der Waals surface area contributed by atoms with Crippen molar-refractivity contribution in [2.75, 3.05) is 10.6 Å². The second kappa shape index (κ2) is 7.92. The van der Waals surface area contributed by atoms with Gasteiger partial charge in [0.05, 0.1) is 0 Å². The molecular formula is C19H12ClF2N3O2. The van der Waals surface area contributed by atoms with Gasteiger partial charge in [-0.3, -0.25) is 14.6 Å². The van der Waals surface area contributed by atoms with Gasteiger partial charge in [-0.15, -0.1) is 0 Å². The van der Waals surface area contributed by atoms with E-state index < -0.39 is 29.1 Å². The summed E-state index contributed by atoms with van der Waals surface area (Å²) < 4.78 is 27.3. The summed E-state index contributed by atoms with van der Waals surface area (Å²) >= 11 is 5.87. The molecule has 0 aliphatic heterocycles. The smallest absolute Gasteiger partial charge is 0.274 e. The largest absolute Gasteiger partial charge is 0.322 e. The van der Waals surface area contributed by atoms with Crippen molar-refractivity contribution in [3.63, 3.8) is 0 Å². The summed E-state index contributed by atoms with van der Waals surface area (Å²) in [6.07, 6.45) is 1.25. The number of hydrogen-bond acceptors (Lipinski definition) is 3. The summed E-state index contributed by atoms with van der Waals surface area (Å²) in [5.41, 5.74) is -0.137. The minimum Gasteiger partial charge on any atom is -0.322 e. The number of para-hydroxylation sites is 1. The maximum Gasteiger partial charge on any atom is 0.274 e. The molecule has 5 nitrogen and oxygen atoms in total. The molecule has 0 saturated heterocycles. The second-order valence-electron chi connectivity index (χ2n) is 5.45. The van der Waals surface area contributed by atoms with Crippen molar-refractivity contribution >= 4 is 34.8 Å². The van der Waals surface area contributed by atoms with Crippen molar-refractivity contribution in [2.24, 2.45) is 0 Å². The predicted octanol–water partition coefficient (Wildman–Crippen LogP) is 4.52. The van der Waals surface area contributed by atoms with Gasteiger partial charge in [0.1, 0.15) is 23.0 Å². The van der Waals surface area contributed by atoms with E-state index in [1.807, 2.05) is 0 Å². The number of aromatic nitrogens is 1. The second-order valence-corrected chi connectivity index (χ2v) is 5.88. The lowest BCUT2D eigenvalue weighted by Crippen LogP contribution is -2.18. The van der Waals surface area contributed by atoms with Crippen LogP contribution in [-0.2, 0) is 0 Å². The van der Waals surface area contributed by atoms with E-state index in [2.05, 4.69) is 15.6 Å². The normalized spacial score (nSPS) is 10.3. The highest BCUT2D eigenvalue weighted by Crippen LogP contribution is 2.19. The van der Waals surface area contributed by atoms with Crippen molar-refractivity contribution in [3.05, 3.63) is 88.7 Å². The monoisotopic (exact) mass is 387 g/mol. The quantitative estimate of drug-likeness (QED) is 0.691. The van der Waals surface area contributed by atoms with Gasteiger partial charge < -0.3 is 10.6 Å². The standard InChI is InChI=1S/C19H12ClF2N3O2/c20-12-3-1-4-13(10-12)24-18(26)11-7-8-23-16(9-11)19(27)25-17-14(21)5-2-6-15(17)22/h1-10H,(H,24,26)(H,25,27). The maximum absolute atomic E-state index is 13.7. The molecule has 3 aromatic rings. The van der Waals surface area contributed by atoms with Crippen molar-refractivity contribution in [1.29, 1.82) is 0 Å². The van der Waals surface area contributed by atoms with Gasteiger partial charge in [-0.25, -0.2) is 8.78 Å². The summed E-state index contributed by atoms with van der Waals surface area (Å²) in [4.78, 5) is 28.4. The number of amides is 2. The van der Waals surface area contributed by atoms with E-state index in [0.29, 0.717) is 10.7 Å². The summed E-state index contributed by atoms with van der Waals surface area (Å²) in [7, 11) is 0. The Kier molecular flexibility index (Phi) is 5.42. The van der Waals surface area contributed by atoms with E-state index in [-0.39, 0.29) is 11.3 Å². The first-order valence-corrected chi connectivity index (χ1v) is 8.10. The Morgan fingerprint density at radius 3 is 2.30 bits per heavy atom. The Balaban J connectivity index is 1.78. The van der Waals surface area contributed by atoms with Crippen molar-refractivity contribution < 1.29 is 18.4 Å². The number of rotatable bonds is 4. The number of benzene rings is 2. The average Bonchev–Trinajstić information content (AvgIpc) is 2.65. The minimum atomic E-state index is -0.918. The van der Waals surface area contributed by atoms with Gasteiger partial charge in [0.15, 0.2) is 0 Å². The molecule has 2 amide bonds. The lowest BCUT2D eigenvalue weighted by atomic mass is 10.2. The number of halogens is 3. The Morgan fingerprint density at radius 1 is 0.889 bits per heavy atom. The van der Waals surface area contributed by atoms with Crippen molar-refractivity contribution in [1.82, 2.24) is 4.98 Å². The summed E-state index contributed by atoms with van der Waals surface area (Å²) in [5, 5.41) is 5.20. The fraction of sp³-hybridized carbons (Fsp3) is 0. The number of pyridine rings is 1. The average molecular weight is 388 g/mol. The third-order valence-electron chi connectivity index (χ3n) is 3.54. The molecule has 3 rings (SSSR count). The summed E-state index contributed by atoms with van der Waals surface area (Å²) in [5.74, 6) is -3.18. The van der Waals surface area contributed by atoms with Crippen LogP contribution in [0.5, 0.6) is 0 Å². The van der Waals surface area contributed by atoms with Crippen LogP contribution in [0.3, 0.4) is 0 Å². The van der Waals surface area contributed by atoms with Crippen LogP contribution in [0.1, 0.15) is 20.8 Å². The van der Waals surface area contributed by atoms with E-state index >= 15 is 0 Å². The van der Waals surface area contributed by atoms with E-state index in [1.54, 1.807) is 24.3 Å². The van der Waals surface area contributed by atoms with E-state index in [1.165, 1.54) is 24.4 Å². The molecule has 0 aliphatic rings. The highest BCUT2D eigenvalue weighted by atomic mass is 35.5. The van der Waals surface area contributed by atoms with Gasteiger partial charge >= 0.3 is 0 Å². The highest BCUT2D eigenvalue weighted by Gasteiger charge is 2.16. The zero-order chi connectivity index (χ0) is 19.4. The van der Waals surface area contributed by atoms with Crippen LogP contribution < -0.4 is 10.6 Å². The number of carbonyl (C=O) groups is 2. The summed E-state index contributed by atoms with van der Waals surface area (Å²) in [6, 6.07) is 12.4. The van der Waals surface area contributed by atoms with Crippen LogP contribution >= 0.6 is 11.6 Å². The Hall–Kier alpha value is -3.32. The fourth-order valence-electron chi connectivity index (χ4n) is 2.26. The van der Waals surface area contributed by atoms with Gasteiger partial charge in [0.2, 0.25) is 0 Å². The van der Waals surface area contributed by atoms with Crippen LogP contribution in [0.2, 0.25) is 5.02 Å². The lowest BCUT2D eigenvalue weighted by Gasteiger charge is -2.09. The fourth-order valence-corrected chi connectivity index (χ4v) is 2.45. The molecule has 0 radical (unpaired) electrons. The van der Waals surface area contributed by atoms with Crippen LogP contribution in [-0.4, -0.2) is 16.8 Å². The van der Waals surface area contributed by atoms with Crippen LogP contribution in [0.4, 0.5) is 20.2 Å². The molecular weight excluding hydrogens is 376 g/mol. The molecule has 0 unspecified atom stereocenters. The Bertz CT molecular complexity index is 1010. The molecule has 0 aliphatic carbocycles. The molecule has 0 spiro atoms. The predicted molar refractivity (Wildman–Crippen MR) is 98.0 cm³/mol. The SMILES string of the molecule is O=C(Nc1cccc(Cl)c1)c1ccnc(C(=O)Nc2c(F)cccc2F)c1. The van der Waals surface area contributed by atoms with E-state index in [0.717, 1.165) is 12.1 Å². The molecule has 0 saturated carbocycles. The lowest BCUT2D eigenvalue weighted by molar-refractivity contribution is 0.102. The first kappa shape index (κ1) is 18.5. The molecule has 2 N–H and O–H groups in total. The van der Waals surface area contributed by atoms with E-state index in [9.17, 15) is 18.4 Å². The zero-order valence-electron chi connectivity index (χ0n) is 13.7. The molecule has 0 fully saturated rings. The number of anilines is 2. The first-order chi connectivity index (χ1) is 12.9. The van der Waals surface area contributed by atoms with Crippen LogP contribution in [0, 0.1) is 11.6 Å².